The van der Waals surface area contributed by atoms with Crippen molar-refractivity contribution in [2.75, 3.05) is 16.8 Å². The van der Waals surface area contributed by atoms with Gasteiger partial charge in [-0.2, -0.15) is 0 Å². The number of hydrogen-bond donors (Lipinski definition) is 1. The van der Waals surface area contributed by atoms with Gasteiger partial charge in [-0.15, -0.1) is 11.3 Å². The summed E-state index contributed by atoms with van der Waals surface area (Å²) < 4.78 is 0. The van der Waals surface area contributed by atoms with Gasteiger partial charge in [0.15, 0.2) is 0 Å². The molecule has 3 heterocycles. The molecule has 0 atom stereocenters. The highest BCUT2D eigenvalue weighted by atomic mass is 32.1. The third-order valence-electron chi connectivity index (χ3n) is 4.31. The molecule has 1 aliphatic rings. The predicted molar refractivity (Wildman–Crippen MR) is 103 cm³/mol. The lowest BCUT2D eigenvalue weighted by Gasteiger charge is -2.28. The van der Waals surface area contributed by atoms with Crippen molar-refractivity contribution >= 4 is 34.5 Å². The van der Waals surface area contributed by atoms with Gasteiger partial charge in [-0.25, -0.2) is 0 Å². The summed E-state index contributed by atoms with van der Waals surface area (Å²) in [6, 6.07) is 14.4. The number of aromatic nitrogens is 1. The van der Waals surface area contributed by atoms with E-state index >= 15 is 0 Å². The average molecular weight is 363 g/mol. The van der Waals surface area contributed by atoms with Gasteiger partial charge in [0, 0.05) is 24.0 Å². The van der Waals surface area contributed by atoms with Crippen LogP contribution in [0.1, 0.15) is 32.1 Å². The first kappa shape index (κ1) is 16.5. The third-order valence-corrected chi connectivity index (χ3v) is 5.18. The Morgan fingerprint density at radius 1 is 1.12 bits per heavy atom. The van der Waals surface area contributed by atoms with Crippen LogP contribution in [0.25, 0.3) is 0 Å². The van der Waals surface area contributed by atoms with Crippen molar-refractivity contribution in [2.24, 2.45) is 0 Å². The molecule has 0 fully saturated rings. The minimum absolute atomic E-state index is 0.0776. The van der Waals surface area contributed by atoms with Crippen LogP contribution < -0.4 is 10.2 Å². The Morgan fingerprint density at radius 3 is 2.88 bits per heavy atom. The number of rotatable bonds is 3. The van der Waals surface area contributed by atoms with Crippen LogP contribution in [-0.4, -0.2) is 23.3 Å². The number of benzene rings is 1. The van der Waals surface area contributed by atoms with E-state index in [2.05, 4.69) is 10.3 Å². The average Bonchev–Trinajstić information content (AvgIpc) is 3.22. The van der Waals surface area contributed by atoms with Crippen LogP contribution in [0.15, 0.2) is 60.1 Å². The van der Waals surface area contributed by atoms with E-state index in [1.807, 2.05) is 23.6 Å². The third kappa shape index (κ3) is 3.23. The van der Waals surface area contributed by atoms with Crippen molar-refractivity contribution in [3.63, 3.8) is 0 Å². The second kappa shape index (κ2) is 7.09. The second-order valence-electron chi connectivity index (χ2n) is 6.04. The van der Waals surface area contributed by atoms with Crippen molar-refractivity contribution in [1.29, 1.82) is 0 Å². The van der Waals surface area contributed by atoms with E-state index < -0.39 is 0 Å². The molecule has 0 saturated heterocycles. The first-order valence-corrected chi connectivity index (χ1v) is 9.31. The molecule has 0 saturated carbocycles. The van der Waals surface area contributed by atoms with Crippen molar-refractivity contribution in [1.82, 2.24) is 4.98 Å². The summed E-state index contributed by atoms with van der Waals surface area (Å²) in [4.78, 5) is 32.0. The van der Waals surface area contributed by atoms with Crippen LogP contribution in [0.5, 0.6) is 0 Å². The zero-order valence-corrected chi connectivity index (χ0v) is 14.8. The van der Waals surface area contributed by atoms with Gasteiger partial charge in [0.25, 0.3) is 11.8 Å². The van der Waals surface area contributed by atoms with E-state index in [0.717, 1.165) is 24.2 Å². The minimum Gasteiger partial charge on any atom is -0.321 e. The summed E-state index contributed by atoms with van der Waals surface area (Å²) >= 11 is 1.38. The zero-order valence-electron chi connectivity index (χ0n) is 14.0. The highest BCUT2D eigenvalue weighted by Crippen LogP contribution is 2.27. The SMILES string of the molecule is O=C(Nc1cccc(C(=O)N2CCCc3ncccc32)c1)c1cccs1. The van der Waals surface area contributed by atoms with Gasteiger partial charge >= 0.3 is 0 Å². The Kier molecular flexibility index (Phi) is 4.50. The van der Waals surface area contributed by atoms with Gasteiger partial charge in [0.2, 0.25) is 0 Å². The Labute approximate surface area is 155 Å². The molecule has 0 radical (unpaired) electrons. The molecule has 1 N–H and O–H groups in total. The fourth-order valence-electron chi connectivity index (χ4n) is 3.09. The molecule has 26 heavy (non-hydrogen) atoms. The normalized spacial score (nSPS) is 13.2. The molecule has 0 spiro atoms. The molecule has 3 aromatic rings. The van der Waals surface area contributed by atoms with E-state index in [4.69, 9.17) is 0 Å². The number of fused-ring (bicyclic) bond motifs is 1. The van der Waals surface area contributed by atoms with Crippen molar-refractivity contribution in [3.8, 4) is 0 Å². The number of pyridine rings is 1. The molecule has 0 aliphatic carbocycles. The topological polar surface area (TPSA) is 62.3 Å². The standard InChI is InChI=1S/C20H17N3O2S/c24-19(18-9-4-12-26-18)22-15-6-1-5-14(13-15)20(25)23-11-3-7-16-17(23)8-2-10-21-16/h1-2,4-6,8-10,12-13H,3,7,11H2,(H,22,24). The van der Waals surface area contributed by atoms with E-state index in [9.17, 15) is 9.59 Å². The molecule has 130 valence electrons. The van der Waals surface area contributed by atoms with Crippen LogP contribution in [0.4, 0.5) is 11.4 Å². The molecular weight excluding hydrogens is 346 g/mol. The lowest BCUT2D eigenvalue weighted by atomic mass is 10.1. The quantitative estimate of drug-likeness (QED) is 0.765. The van der Waals surface area contributed by atoms with Crippen molar-refractivity contribution < 1.29 is 9.59 Å². The summed E-state index contributed by atoms with van der Waals surface area (Å²) in [6.07, 6.45) is 3.54. The number of carbonyl (C=O) groups is 2. The number of thiophene rings is 1. The molecule has 1 aliphatic heterocycles. The van der Waals surface area contributed by atoms with Crippen LogP contribution >= 0.6 is 11.3 Å². The second-order valence-corrected chi connectivity index (χ2v) is 6.99. The van der Waals surface area contributed by atoms with E-state index in [0.29, 0.717) is 22.7 Å². The number of aryl methyl sites for hydroxylation is 1. The Balaban J connectivity index is 1.57. The summed E-state index contributed by atoms with van der Waals surface area (Å²) in [5, 5.41) is 4.71. The fourth-order valence-corrected chi connectivity index (χ4v) is 3.71. The summed E-state index contributed by atoms with van der Waals surface area (Å²) in [7, 11) is 0. The monoisotopic (exact) mass is 363 g/mol. The lowest BCUT2D eigenvalue weighted by Crippen LogP contribution is -2.35. The molecule has 0 unspecified atom stereocenters. The van der Waals surface area contributed by atoms with Gasteiger partial charge in [0.05, 0.1) is 16.3 Å². The number of anilines is 2. The number of amides is 2. The minimum atomic E-state index is -0.169. The van der Waals surface area contributed by atoms with Crippen LogP contribution in [-0.2, 0) is 6.42 Å². The first-order chi connectivity index (χ1) is 12.7. The highest BCUT2D eigenvalue weighted by Gasteiger charge is 2.24. The number of carbonyl (C=O) groups excluding carboxylic acids is 2. The Bertz CT molecular complexity index is 953. The maximum atomic E-state index is 13.0. The van der Waals surface area contributed by atoms with Gasteiger partial charge in [-0.3, -0.25) is 14.6 Å². The smallest absolute Gasteiger partial charge is 0.265 e. The first-order valence-electron chi connectivity index (χ1n) is 8.43. The van der Waals surface area contributed by atoms with Gasteiger partial charge in [-0.05, 0) is 54.6 Å². The van der Waals surface area contributed by atoms with Crippen LogP contribution in [0.3, 0.4) is 0 Å². The van der Waals surface area contributed by atoms with Crippen molar-refractivity contribution in [2.45, 2.75) is 12.8 Å². The largest absolute Gasteiger partial charge is 0.321 e. The van der Waals surface area contributed by atoms with Gasteiger partial charge in [0.1, 0.15) is 0 Å². The summed E-state index contributed by atoms with van der Waals surface area (Å²) in [6.45, 7) is 0.670. The maximum Gasteiger partial charge on any atom is 0.265 e. The highest BCUT2D eigenvalue weighted by molar-refractivity contribution is 7.12. The van der Waals surface area contributed by atoms with Gasteiger partial charge in [-0.1, -0.05) is 12.1 Å². The molecule has 2 aromatic heterocycles. The summed E-state index contributed by atoms with van der Waals surface area (Å²) in [5.41, 5.74) is 2.98. The van der Waals surface area contributed by atoms with E-state index in [1.165, 1.54) is 11.3 Å². The van der Waals surface area contributed by atoms with Crippen LogP contribution in [0, 0.1) is 0 Å². The molecule has 2 amide bonds. The van der Waals surface area contributed by atoms with Crippen LogP contribution in [0.2, 0.25) is 0 Å². The molecule has 5 nitrogen and oxygen atoms in total. The van der Waals surface area contributed by atoms with E-state index in [1.54, 1.807) is 41.4 Å². The molecule has 1 aromatic carbocycles. The maximum absolute atomic E-state index is 13.0. The Morgan fingerprint density at radius 2 is 2.04 bits per heavy atom. The molecule has 4 rings (SSSR count). The number of nitrogens with zero attached hydrogens (tertiary/aromatic N) is 2. The number of nitrogens with one attached hydrogen (secondary N) is 1. The van der Waals surface area contributed by atoms with E-state index in [-0.39, 0.29) is 11.8 Å². The lowest BCUT2D eigenvalue weighted by molar-refractivity contribution is 0.0982. The van der Waals surface area contributed by atoms with Gasteiger partial charge < -0.3 is 10.2 Å². The molecular formula is C20H17N3O2S. The molecule has 6 heteroatoms. The predicted octanol–water partition coefficient (Wildman–Crippen LogP) is 3.99. The fraction of sp³-hybridized carbons (Fsp3) is 0.150. The number of hydrogen-bond acceptors (Lipinski definition) is 4. The zero-order chi connectivity index (χ0) is 17.9. The van der Waals surface area contributed by atoms with Crippen molar-refractivity contribution in [3.05, 3.63) is 76.2 Å². The Hall–Kier alpha value is -2.99. The summed E-state index contributed by atoms with van der Waals surface area (Å²) in [5.74, 6) is -0.247. The molecule has 0 bridgehead atoms.